The second-order valence-electron chi connectivity index (χ2n) is 6.38. The number of hydrogen-bond donors (Lipinski definition) is 0. The van der Waals surface area contributed by atoms with Crippen LogP contribution in [-0.2, 0) is 14.3 Å². The third-order valence-corrected chi connectivity index (χ3v) is 5.15. The Morgan fingerprint density at radius 1 is 1.28 bits per heavy atom. The van der Waals surface area contributed by atoms with E-state index in [1.54, 1.807) is 12.1 Å². The minimum atomic E-state index is -1.48. The van der Waals surface area contributed by atoms with Crippen LogP contribution < -0.4 is 0 Å². The lowest BCUT2D eigenvalue weighted by atomic mass is 9.69. The first-order chi connectivity index (χ1) is 12.0. The van der Waals surface area contributed by atoms with Crippen molar-refractivity contribution in [3.05, 3.63) is 58.1 Å². The van der Waals surface area contributed by atoms with Gasteiger partial charge in [-0.1, -0.05) is 42.5 Å². The van der Waals surface area contributed by atoms with Crippen LogP contribution in [0.4, 0.5) is 0 Å². The molecule has 0 bridgehead atoms. The van der Waals surface area contributed by atoms with E-state index in [1.165, 1.54) is 7.11 Å². The summed E-state index contributed by atoms with van der Waals surface area (Å²) < 4.78 is 4.92. The zero-order valence-electron chi connectivity index (χ0n) is 13.9. The van der Waals surface area contributed by atoms with Crippen molar-refractivity contribution in [1.82, 2.24) is 0 Å². The fourth-order valence-electron chi connectivity index (χ4n) is 4.02. The van der Waals surface area contributed by atoms with Crippen LogP contribution >= 0.6 is 0 Å². The normalized spacial score (nSPS) is 21.2. The molecular weight excluding hydrogens is 322 g/mol. The number of hydrogen-bond acceptors (Lipinski definition) is 5. The van der Waals surface area contributed by atoms with Crippen molar-refractivity contribution in [2.24, 2.45) is 5.41 Å². The number of Topliss-reactive ketones (excluding diaryl/α,β-unsaturated/α-hetero) is 1. The van der Waals surface area contributed by atoms with E-state index in [-0.39, 0.29) is 18.6 Å². The third-order valence-electron chi connectivity index (χ3n) is 5.15. The van der Waals surface area contributed by atoms with Crippen molar-refractivity contribution in [3.8, 4) is 0 Å². The van der Waals surface area contributed by atoms with Crippen molar-refractivity contribution in [3.63, 3.8) is 0 Å². The van der Waals surface area contributed by atoms with Crippen molar-refractivity contribution < 1.29 is 19.2 Å². The molecule has 1 aliphatic rings. The van der Waals surface area contributed by atoms with Gasteiger partial charge in [0, 0.05) is 11.3 Å². The molecule has 0 N–H and O–H groups in total. The largest absolute Gasteiger partial charge is 0.468 e. The SMILES string of the molecule is COC(=O)[C@@]1([C@H](C[N+](=O)[O-])c2cccc3ccccc23)CCCC1=O. The minimum absolute atomic E-state index is 0.244. The van der Waals surface area contributed by atoms with Gasteiger partial charge in [0.1, 0.15) is 5.41 Å². The van der Waals surface area contributed by atoms with Gasteiger partial charge < -0.3 is 4.74 Å². The summed E-state index contributed by atoms with van der Waals surface area (Å²) in [4.78, 5) is 36.2. The number of benzene rings is 2. The molecule has 130 valence electrons. The predicted octanol–water partition coefficient (Wildman–Crippen LogP) is 3.11. The molecule has 6 heteroatoms. The topological polar surface area (TPSA) is 86.5 Å². The molecule has 0 unspecified atom stereocenters. The molecule has 0 heterocycles. The van der Waals surface area contributed by atoms with E-state index < -0.39 is 28.8 Å². The fraction of sp³-hybridized carbons (Fsp3) is 0.368. The molecular formula is C19H19NO5. The van der Waals surface area contributed by atoms with Crippen LogP contribution in [0.1, 0.15) is 30.7 Å². The number of ketones is 1. The van der Waals surface area contributed by atoms with E-state index in [4.69, 9.17) is 4.74 Å². The van der Waals surface area contributed by atoms with Crippen LogP contribution in [0.3, 0.4) is 0 Å². The molecule has 6 nitrogen and oxygen atoms in total. The van der Waals surface area contributed by atoms with Gasteiger partial charge in [0.05, 0.1) is 13.0 Å². The first-order valence-electron chi connectivity index (χ1n) is 8.22. The van der Waals surface area contributed by atoms with Gasteiger partial charge in [0.25, 0.3) is 0 Å². The number of nitro groups is 1. The summed E-state index contributed by atoms with van der Waals surface area (Å²) in [6.07, 6.45) is 1.06. The molecule has 2 aromatic rings. The zero-order valence-corrected chi connectivity index (χ0v) is 13.9. The summed E-state index contributed by atoms with van der Waals surface area (Å²) in [5.74, 6) is -1.79. The monoisotopic (exact) mass is 341 g/mol. The van der Waals surface area contributed by atoms with Gasteiger partial charge in [-0.15, -0.1) is 0 Å². The highest BCUT2D eigenvalue weighted by Gasteiger charge is 2.57. The number of methoxy groups -OCH3 is 1. The maximum absolute atomic E-state index is 12.7. The molecule has 0 aromatic heterocycles. The average molecular weight is 341 g/mol. The smallest absolute Gasteiger partial charge is 0.320 e. The molecule has 2 atom stereocenters. The number of carbonyl (C=O) groups is 2. The molecule has 1 fully saturated rings. The second-order valence-corrected chi connectivity index (χ2v) is 6.38. The van der Waals surface area contributed by atoms with Gasteiger partial charge in [0.15, 0.2) is 5.78 Å². The highest BCUT2D eigenvalue weighted by molar-refractivity contribution is 6.07. The van der Waals surface area contributed by atoms with Crippen molar-refractivity contribution in [1.29, 1.82) is 0 Å². The van der Waals surface area contributed by atoms with Crippen LogP contribution in [-0.4, -0.2) is 30.3 Å². The molecule has 0 aliphatic heterocycles. The Kier molecular flexibility index (Phi) is 4.53. The number of esters is 1. The Morgan fingerprint density at radius 3 is 2.64 bits per heavy atom. The molecule has 1 saturated carbocycles. The van der Waals surface area contributed by atoms with E-state index in [0.717, 1.165) is 10.8 Å². The van der Waals surface area contributed by atoms with E-state index in [2.05, 4.69) is 0 Å². The van der Waals surface area contributed by atoms with Crippen LogP contribution in [0.15, 0.2) is 42.5 Å². The zero-order chi connectivity index (χ0) is 18.0. The Morgan fingerprint density at radius 2 is 2.00 bits per heavy atom. The molecule has 0 amide bonds. The van der Waals surface area contributed by atoms with Crippen LogP contribution in [0.5, 0.6) is 0 Å². The Bertz CT molecular complexity index is 841. The molecule has 25 heavy (non-hydrogen) atoms. The maximum Gasteiger partial charge on any atom is 0.320 e. The number of nitrogens with zero attached hydrogens (tertiary/aromatic N) is 1. The summed E-state index contributed by atoms with van der Waals surface area (Å²) in [6.45, 7) is -0.491. The van der Waals surface area contributed by atoms with E-state index in [9.17, 15) is 19.7 Å². The van der Waals surface area contributed by atoms with Crippen LogP contribution in [0.25, 0.3) is 10.8 Å². The lowest BCUT2D eigenvalue weighted by Gasteiger charge is -2.32. The first-order valence-corrected chi connectivity index (χ1v) is 8.22. The summed E-state index contributed by atoms with van der Waals surface area (Å²) >= 11 is 0. The predicted molar refractivity (Wildman–Crippen MR) is 91.9 cm³/mol. The van der Waals surface area contributed by atoms with Gasteiger partial charge in [-0.3, -0.25) is 19.7 Å². The minimum Gasteiger partial charge on any atom is -0.468 e. The van der Waals surface area contributed by atoms with E-state index >= 15 is 0 Å². The van der Waals surface area contributed by atoms with Gasteiger partial charge in [-0.25, -0.2) is 0 Å². The summed E-state index contributed by atoms with van der Waals surface area (Å²) in [5.41, 5.74) is -0.832. The summed E-state index contributed by atoms with van der Waals surface area (Å²) in [7, 11) is 1.22. The fourth-order valence-corrected chi connectivity index (χ4v) is 4.02. The van der Waals surface area contributed by atoms with E-state index in [1.807, 2.05) is 30.3 Å². The highest BCUT2D eigenvalue weighted by atomic mass is 16.6. The molecule has 1 aliphatic carbocycles. The second kappa shape index (κ2) is 6.63. The van der Waals surface area contributed by atoms with Crippen molar-refractivity contribution >= 4 is 22.5 Å². The third kappa shape index (κ3) is 2.77. The Balaban J connectivity index is 2.25. The Hall–Kier alpha value is -2.76. The quantitative estimate of drug-likeness (QED) is 0.361. The lowest BCUT2D eigenvalue weighted by Crippen LogP contribution is -2.44. The average Bonchev–Trinajstić information content (AvgIpc) is 3.00. The van der Waals surface area contributed by atoms with Crippen molar-refractivity contribution in [2.45, 2.75) is 25.2 Å². The highest BCUT2D eigenvalue weighted by Crippen LogP contribution is 2.49. The number of ether oxygens (including phenoxy) is 1. The van der Waals surface area contributed by atoms with Crippen LogP contribution in [0, 0.1) is 15.5 Å². The lowest BCUT2D eigenvalue weighted by molar-refractivity contribution is -0.485. The van der Waals surface area contributed by atoms with E-state index in [0.29, 0.717) is 12.0 Å². The number of fused-ring (bicyclic) bond motifs is 1. The first kappa shape index (κ1) is 17.1. The van der Waals surface area contributed by atoms with Gasteiger partial charge >= 0.3 is 5.97 Å². The maximum atomic E-state index is 12.7. The molecule has 0 spiro atoms. The summed E-state index contributed by atoms with van der Waals surface area (Å²) in [5, 5.41) is 13.1. The van der Waals surface area contributed by atoms with Gasteiger partial charge in [0.2, 0.25) is 6.54 Å². The molecule has 0 saturated heterocycles. The number of rotatable bonds is 5. The Labute approximate surface area is 144 Å². The van der Waals surface area contributed by atoms with Crippen LogP contribution in [0.2, 0.25) is 0 Å². The molecule has 2 aromatic carbocycles. The number of carbonyl (C=O) groups excluding carboxylic acids is 2. The van der Waals surface area contributed by atoms with Crippen molar-refractivity contribution in [2.75, 3.05) is 13.7 Å². The van der Waals surface area contributed by atoms with Gasteiger partial charge in [-0.05, 0) is 29.2 Å². The molecule has 0 radical (unpaired) electrons. The van der Waals surface area contributed by atoms with Gasteiger partial charge in [-0.2, -0.15) is 0 Å². The standard InChI is InChI=1S/C19H19NO5/c1-25-18(22)19(11-5-10-17(19)21)16(12-20(23)24)15-9-4-7-13-6-2-3-8-14(13)15/h2-4,6-9,16H,5,10-12H2,1H3/t16-,19-/m1/s1. The molecule has 3 rings (SSSR count). The summed E-state index contributed by atoms with van der Waals surface area (Å²) in [6, 6.07) is 13.0.